The van der Waals surface area contributed by atoms with E-state index in [1.165, 1.54) is 0 Å². The molecule has 0 rings (SSSR count). The Morgan fingerprint density at radius 3 is 1.92 bits per heavy atom. The van der Waals surface area contributed by atoms with Gasteiger partial charge >= 0.3 is 0 Å². The smallest absolute Gasteiger partial charge is 0.219 e. The molecule has 5 heteroatoms. The summed E-state index contributed by atoms with van der Waals surface area (Å²) in [7, 11) is 0. The molecule has 0 aliphatic carbocycles. The zero-order valence-electron chi connectivity index (χ0n) is 16.4. The number of nitrogens with one attached hydrogen (secondary N) is 1. The summed E-state index contributed by atoms with van der Waals surface area (Å²) in [6.07, 6.45) is 1.70. The van der Waals surface area contributed by atoms with E-state index in [1.807, 2.05) is 55.4 Å². The van der Waals surface area contributed by atoms with Gasteiger partial charge in [-0.05, 0) is 34.1 Å². The molecule has 0 aromatic heterocycles. The van der Waals surface area contributed by atoms with Crippen molar-refractivity contribution < 1.29 is 19.1 Å². The zero-order valence-corrected chi connectivity index (χ0v) is 16.4. The molecule has 0 aromatic carbocycles. The third kappa shape index (κ3) is 15.9. The molecule has 0 saturated heterocycles. The van der Waals surface area contributed by atoms with Gasteiger partial charge in [0.15, 0.2) is 5.78 Å². The first kappa shape index (κ1) is 27.9. The van der Waals surface area contributed by atoms with Crippen molar-refractivity contribution in [2.24, 2.45) is 0 Å². The second kappa shape index (κ2) is 14.4. The Morgan fingerprint density at radius 1 is 0.917 bits per heavy atom. The Kier molecular flexibility index (Phi) is 16.7. The first-order valence-corrected chi connectivity index (χ1v) is 8.68. The Morgan fingerprint density at radius 2 is 1.46 bits per heavy atom. The minimum atomic E-state index is -0.505. The quantitative estimate of drug-likeness (QED) is 0.610. The van der Waals surface area contributed by atoms with Crippen LogP contribution in [0.2, 0.25) is 0 Å². The Labute approximate surface area is 149 Å². The summed E-state index contributed by atoms with van der Waals surface area (Å²) in [4.78, 5) is 22.5. The number of Topliss-reactive ketones (excluding diaryl/α,β-unsaturated/α-hetero) is 1. The molecule has 0 spiro atoms. The standard InChI is InChI=1S/C16H31NO4.C2H6.CH4/c1-7-13(18)11-20-16(5,6)12-21-15(3,4)9-10-17-14(19)8-2;1-2;/h7-12H2,1-6H3,(H,17,19);1-2H3;1H4. The van der Waals surface area contributed by atoms with Gasteiger partial charge in [-0.2, -0.15) is 0 Å². The number of rotatable bonds is 11. The maximum Gasteiger partial charge on any atom is 0.219 e. The first-order valence-electron chi connectivity index (χ1n) is 8.68. The van der Waals surface area contributed by atoms with E-state index in [-0.39, 0.29) is 31.3 Å². The van der Waals surface area contributed by atoms with E-state index < -0.39 is 5.60 Å². The highest BCUT2D eigenvalue weighted by Gasteiger charge is 2.26. The van der Waals surface area contributed by atoms with Crippen LogP contribution in [0, 0.1) is 0 Å². The van der Waals surface area contributed by atoms with Crippen LogP contribution in [0.25, 0.3) is 0 Å². The lowest BCUT2D eigenvalue weighted by atomic mass is 10.0. The van der Waals surface area contributed by atoms with Gasteiger partial charge in [0, 0.05) is 19.4 Å². The molecular weight excluding hydrogens is 306 g/mol. The fourth-order valence-electron chi connectivity index (χ4n) is 1.49. The van der Waals surface area contributed by atoms with E-state index in [0.29, 0.717) is 26.0 Å². The van der Waals surface area contributed by atoms with Crippen LogP contribution >= 0.6 is 0 Å². The van der Waals surface area contributed by atoms with E-state index >= 15 is 0 Å². The van der Waals surface area contributed by atoms with Gasteiger partial charge in [0.2, 0.25) is 5.91 Å². The van der Waals surface area contributed by atoms with Crippen LogP contribution in [0.4, 0.5) is 0 Å². The molecule has 0 saturated carbocycles. The minimum Gasteiger partial charge on any atom is -0.373 e. The van der Waals surface area contributed by atoms with Gasteiger partial charge in [-0.15, -0.1) is 0 Å². The zero-order chi connectivity index (χ0) is 18.5. The van der Waals surface area contributed by atoms with Crippen molar-refractivity contribution in [3.63, 3.8) is 0 Å². The lowest BCUT2D eigenvalue weighted by molar-refractivity contribution is -0.142. The Bertz CT molecular complexity index is 338. The molecule has 24 heavy (non-hydrogen) atoms. The van der Waals surface area contributed by atoms with Crippen LogP contribution in [0.15, 0.2) is 0 Å². The third-order valence-corrected chi connectivity index (χ3v) is 3.20. The summed E-state index contributed by atoms with van der Waals surface area (Å²) in [6.45, 7) is 16.6. The fraction of sp³-hybridized carbons (Fsp3) is 0.895. The molecule has 0 bridgehead atoms. The van der Waals surface area contributed by atoms with Crippen LogP contribution < -0.4 is 5.32 Å². The molecule has 0 aliphatic heterocycles. The Hall–Kier alpha value is -0.940. The predicted octanol–water partition coefficient (Wildman–Crippen LogP) is 4.13. The van der Waals surface area contributed by atoms with Crippen LogP contribution in [0.1, 0.15) is 82.1 Å². The Balaban J connectivity index is -0.00000141. The van der Waals surface area contributed by atoms with Crippen LogP contribution in [0.3, 0.4) is 0 Å². The summed E-state index contributed by atoms with van der Waals surface area (Å²) < 4.78 is 11.5. The van der Waals surface area contributed by atoms with Crippen molar-refractivity contribution in [3.8, 4) is 0 Å². The molecule has 0 radical (unpaired) electrons. The van der Waals surface area contributed by atoms with Gasteiger partial charge in [-0.3, -0.25) is 9.59 Å². The number of amides is 1. The number of ketones is 1. The molecular formula is C19H41NO4. The molecule has 0 atom stereocenters. The average molecular weight is 348 g/mol. The lowest BCUT2D eigenvalue weighted by Crippen LogP contribution is -2.39. The van der Waals surface area contributed by atoms with Crippen molar-refractivity contribution in [2.75, 3.05) is 19.8 Å². The highest BCUT2D eigenvalue weighted by atomic mass is 16.6. The van der Waals surface area contributed by atoms with Crippen molar-refractivity contribution in [1.29, 1.82) is 0 Å². The molecule has 0 unspecified atom stereocenters. The summed E-state index contributed by atoms with van der Waals surface area (Å²) in [6, 6.07) is 0. The van der Waals surface area contributed by atoms with Gasteiger partial charge < -0.3 is 14.8 Å². The number of hydrogen-bond donors (Lipinski definition) is 1. The summed E-state index contributed by atoms with van der Waals surface area (Å²) >= 11 is 0. The maximum absolute atomic E-state index is 11.3. The number of carbonyl (C=O) groups is 2. The second-order valence-corrected chi connectivity index (χ2v) is 6.44. The SMILES string of the molecule is C.CC.CCC(=O)COC(C)(C)COC(C)(C)CCNC(=O)CC. The van der Waals surface area contributed by atoms with E-state index in [9.17, 15) is 9.59 Å². The molecule has 1 amide bonds. The van der Waals surface area contributed by atoms with Gasteiger partial charge in [0.05, 0.1) is 17.8 Å². The molecule has 1 N–H and O–H groups in total. The van der Waals surface area contributed by atoms with Gasteiger partial charge in [0.25, 0.3) is 0 Å². The number of carbonyl (C=O) groups excluding carboxylic acids is 2. The van der Waals surface area contributed by atoms with Crippen LogP contribution in [-0.4, -0.2) is 42.7 Å². The molecule has 0 aromatic rings. The van der Waals surface area contributed by atoms with Crippen LogP contribution in [-0.2, 0) is 19.1 Å². The third-order valence-electron chi connectivity index (χ3n) is 3.20. The van der Waals surface area contributed by atoms with E-state index in [4.69, 9.17) is 9.47 Å². The number of ether oxygens (including phenoxy) is 2. The van der Waals surface area contributed by atoms with Gasteiger partial charge in [0.1, 0.15) is 6.61 Å². The van der Waals surface area contributed by atoms with Crippen molar-refractivity contribution in [2.45, 2.75) is 93.3 Å². The lowest BCUT2D eigenvalue weighted by Gasteiger charge is -2.32. The molecule has 5 nitrogen and oxygen atoms in total. The number of hydrogen-bond acceptors (Lipinski definition) is 4. The second-order valence-electron chi connectivity index (χ2n) is 6.44. The topological polar surface area (TPSA) is 64.6 Å². The molecule has 0 fully saturated rings. The van der Waals surface area contributed by atoms with E-state index in [0.717, 1.165) is 6.42 Å². The van der Waals surface area contributed by atoms with Gasteiger partial charge in [-0.1, -0.05) is 35.1 Å². The van der Waals surface area contributed by atoms with Crippen LogP contribution in [0.5, 0.6) is 0 Å². The maximum atomic E-state index is 11.3. The average Bonchev–Trinajstić information content (AvgIpc) is 2.52. The summed E-state index contributed by atoms with van der Waals surface area (Å²) in [5.41, 5.74) is -0.856. The predicted molar refractivity (Wildman–Crippen MR) is 101 cm³/mol. The summed E-state index contributed by atoms with van der Waals surface area (Å²) in [5.74, 6) is 0.136. The van der Waals surface area contributed by atoms with E-state index in [2.05, 4.69) is 5.32 Å². The fourth-order valence-corrected chi connectivity index (χ4v) is 1.49. The molecule has 0 heterocycles. The van der Waals surface area contributed by atoms with E-state index in [1.54, 1.807) is 0 Å². The highest BCUT2D eigenvalue weighted by molar-refractivity contribution is 5.79. The largest absolute Gasteiger partial charge is 0.373 e. The molecule has 146 valence electrons. The van der Waals surface area contributed by atoms with Crippen molar-refractivity contribution in [1.82, 2.24) is 5.32 Å². The highest BCUT2D eigenvalue weighted by Crippen LogP contribution is 2.19. The molecule has 0 aliphatic rings. The monoisotopic (exact) mass is 347 g/mol. The normalized spacial score (nSPS) is 11.0. The van der Waals surface area contributed by atoms with Crippen molar-refractivity contribution >= 4 is 11.7 Å². The van der Waals surface area contributed by atoms with Crippen molar-refractivity contribution in [3.05, 3.63) is 0 Å². The summed E-state index contributed by atoms with van der Waals surface area (Å²) in [5, 5.41) is 2.84. The minimum absolute atomic E-state index is 0. The first-order chi connectivity index (χ1) is 10.6. The van der Waals surface area contributed by atoms with Gasteiger partial charge in [-0.25, -0.2) is 0 Å².